The van der Waals surface area contributed by atoms with Gasteiger partial charge in [0.15, 0.2) is 6.10 Å². The largest absolute Gasteiger partial charge is 0.457 e. The molecule has 0 saturated carbocycles. The Hall–Kier alpha value is -2.89. The van der Waals surface area contributed by atoms with Crippen molar-refractivity contribution in [1.29, 1.82) is 0 Å². The molecular weight excluding hydrogens is 554 g/mol. The van der Waals surface area contributed by atoms with E-state index in [2.05, 4.69) is 4.90 Å². The number of aliphatic hydroxyl groups is 2. The zero-order chi connectivity index (χ0) is 31.6. The van der Waals surface area contributed by atoms with Crippen LogP contribution in [0.5, 0.6) is 0 Å². The normalized spacial score (nSPS) is 31.6. The molecule has 0 aliphatic carbocycles. The number of esters is 1. The van der Waals surface area contributed by atoms with Gasteiger partial charge in [0.2, 0.25) is 0 Å². The first kappa shape index (κ1) is 34.6. The molecule has 0 aromatic heterocycles. The molecule has 3 aliphatic rings. The Morgan fingerprint density at radius 2 is 1.86 bits per heavy atom. The number of amides is 2. The molecule has 3 heterocycles. The number of hydrogen-bond acceptors (Lipinski definition) is 9. The number of ether oxygens (including phenoxy) is 3. The van der Waals surface area contributed by atoms with Gasteiger partial charge in [0.05, 0.1) is 12.7 Å². The highest BCUT2D eigenvalue weighted by Gasteiger charge is 2.35. The Balaban J connectivity index is 1.66. The lowest BCUT2D eigenvalue weighted by Crippen LogP contribution is -2.50. The SMILES string of the molecule is C/C(=C\C=C\C(C)COC(=O)N1CC[C@@H](O)C1)[C@H]1OC(=O)CCCC[C@](C)(O)[C@@H](OC(=O)N2CCN(C)CC2)/C=C/[C@@H]1C. The first-order valence-corrected chi connectivity index (χ1v) is 15.5. The highest BCUT2D eigenvalue weighted by molar-refractivity contribution is 5.70. The van der Waals surface area contributed by atoms with Gasteiger partial charge in [0, 0.05) is 57.5 Å². The van der Waals surface area contributed by atoms with E-state index in [1.165, 1.54) is 4.90 Å². The van der Waals surface area contributed by atoms with Gasteiger partial charge in [-0.15, -0.1) is 0 Å². The Kier molecular flexibility index (Phi) is 13.1. The Morgan fingerprint density at radius 1 is 1.14 bits per heavy atom. The van der Waals surface area contributed by atoms with Crippen LogP contribution in [-0.2, 0) is 19.0 Å². The summed E-state index contributed by atoms with van der Waals surface area (Å²) in [4.78, 5) is 43.2. The molecule has 242 valence electrons. The van der Waals surface area contributed by atoms with Crippen LogP contribution < -0.4 is 0 Å². The molecule has 3 aliphatic heterocycles. The standard InChI is InChI=1S/C32H51N3O8/c1-23(22-41-30(38)35-16-14-26(36)21-35)9-8-10-24(2)29-25(3)12-13-27(32(4,40)15-7-6-11-28(37)43-29)42-31(39)34-19-17-33(5)18-20-34/h8-10,12-13,23,25-27,29,36,40H,6-7,11,14-22H2,1-5H3/b9-8+,13-12+,24-10+/t23?,25-,26+,27-,29+,32-/m0/s1. The van der Waals surface area contributed by atoms with E-state index in [9.17, 15) is 24.6 Å². The second-order valence-electron chi connectivity index (χ2n) is 12.6. The van der Waals surface area contributed by atoms with E-state index in [4.69, 9.17) is 14.2 Å². The second kappa shape index (κ2) is 16.3. The maximum Gasteiger partial charge on any atom is 0.410 e. The van der Waals surface area contributed by atoms with Crippen LogP contribution in [0.3, 0.4) is 0 Å². The first-order valence-electron chi connectivity index (χ1n) is 15.5. The fourth-order valence-corrected chi connectivity index (χ4v) is 5.38. The fraction of sp³-hybridized carbons (Fsp3) is 0.719. The third kappa shape index (κ3) is 11.0. The van der Waals surface area contributed by atoms with Crippen molar-refractivity contribution in [3.8, 4) is 0 Å². The van der Waals surface area contributed by atoms with Crippen molar-refractivity contribution in [3.63, 3.8) is 0 Å². The van der Waals surface area contributed by atoms with Gasteiger partial charge >= 0.3 is 18.2 Å². The summed E-state index contributed by atoms with van der Waals surface area (Å²) < 4.78 is 17.1. The predicted molar refractivity (Wildman–Crippen MR) is 162 cm³/mol. The van der Waals surface area contributed by atoms with Crippen molar-refractivity contribution in [2.24, 2.45) is 11.8 Å². The van der Waals surface area contributed by atoms with Gasteiger partial charge in [-0.25, -0.2) is 9.59 Å². The number of cyclic esters (lactones) is 1. The van der Waals surface area contributed by atoms with Crippen molar-refractivity contribution < 1.29 is 38.8 Å². The van der Waals surface area contributed by atoms with Crippen molar-refractivity contribution in [3.05, 3.63) is 36.0 Å². The Bertz CT molecular complexity index is 1030. The van der Waals surface area contributed by atoms with Crippen LogP contribution >= 0.6 is 0 Å². The molecule has 11 heteroatoms. The summed E-state index contributed by atoms with van der Waals surface area (Å²) >= 11 is 0. The molecule has 0 aromatic rings. The Morgan fingerprint density at radius 3 is 2.53 bits per heavy atom. The molecule has 43 heavy (non-hydrogen) atoms. The molecule has 11 nitrogen and oxygen atoms in total. The molecule has 0 spiro atoms. The number of aliphatic hydroxyl groups excluding tert-OH is 1. The van der Waals surface area contributed by atoms with Crippen LogP contribution in [0.4, 0.5) is 9.59 Å². The number of hydrogen-bond donors (Lipinski definition) is 2. The third-order valence-electron chi connectivity index (χ3n) is 8.38. The van der Waals surface area contributed by atoms with Crippen molar-refractivity contribution in [2.45, 2.75) is 83.7 Å². The number of allylic oxidation sites excluding steroid dienone is 2. The summed E-state index contributed by atoms with van der Waals surface area (Å²) in [6.45, 7) is 11.1. The van der Waals surface area contributed by atoms with Gasteiger partial charge < -0.3 is 39.1 Å². The minimum atomic E-state index is -1.29. The molecule has 2 fully saturated rings. The minimum Gasteiger partial charge on any atom is -0.457 e. The molecule has 2 saturated heterocycles. The average Bonchev–Trinajstić information content (AvgIpc) is 3.40. The lowest BCUT2D eigenvalue weighted by Gasteiger charge is -2.36. The number of carbonyl (C=O) groups excluding carboxylic acids is 3. The summed E-state index contributed by atoms with van der Waals surface area (Å²) in [6, 6.07) is 0. The lowest BCUT2D eigenvalue weighted by atomic mass is 9.89. The van der Waals surface area contributed by atoms with Gasteiger partial charge in [0.1, 0.15) is 11.7 Å². The fourth-order valence-electron chi connectivity index (χ4n) is 5.38. The van der Waals surface area contributed by atoms with E-state index in [0.717, 1.165) is 18.7 Å². The van der Waals surface area contributed by atoms with E-state index in [0.29, 0.717) is 51.9 Å². The second-order valence-corrected chi connectivity index (χ2v) is 12.6. The van der Waals surface area contributed by atoms with Crippen LogP contribution in [0.2, 0.25) is 0 Å². The van der Waals surface area contributed by atoms with Crippen LogP contribution in [-0.4, -0.2) is 120 Å². The van der Waals surface area contributed by atoms with E-state index in [-0.39, 0.29) is 30.8 Å². The number of rotatable bonds is 6. The molecule has 2 amide bonds. The molecule has 2 N–H and O–H groups in total. The summed E-state index contributed by atoms with van der Waals surface area (Å²) in [5.74, 6) is -0.606. The van der Waals surface area contributed by atoms with Gasteiger partial charge in [0.25, 0.3) is 0 Å². The van der Waals surface area contributed by atoms with E-state index < -0.39 is 36.1 Å². The topological polar surface area (TPSA) is 129 Å². The highest BCUT2D eigenvalue weighted by Crippen LogP contribution is 2.27. The van der Waals surface area contributed by atoms with Crippen LogP contribution in [0.15, 0.2) is 36.0 Å². The number of piperazine rings is 1. The van der Waals surface area contributed by atoms with Gasteiger partial charge in [-0.05, 0) is 58.2 Å². The molecule has 0 radical (unpaired) electrons. The lowest BCUT2D eigenvalue weighted by molar-refractivity contribution is -0.149. The van der Waals surface area contributed by atoms with Crippen LogP contribution in [0, 0.1) is 11.8 Å². The number of nitrogens with zero attached hydrogens (tertiary/aromatic N) is 3. The number of likely N-dealkylation sites (N-methyl/N-ethyl adjacent to an activating group) is 1. The maximum absolute atomic E-state index is 13.0. The minimum absolute atomic E-state index is 0.0466. The zero-order valence-corrected chi connectivity index (χ0v) is 26.4. The van der Waals surface area contributed by atoms with Crippen molar-refractivity contribution >= 4 is 18.2 Å². The molecule has 1 unspecified atom stereocenters. The molecule has 3 rings (SSSR count). The molecular formula is C32H51N3O8. The third-order valence-corrected chi connectivity index (χ3v) is 8.38. The summed E-state index contributed by atoms with van der Waals surface area (Å²) in [5, 5.41) is 20.9. The monoisotopic (exact) mass is 605 g/mol. The smallest absolute Gasteiger partial charge is 0.410 e. The van der Waals surface area contributed by atoms with E-state index in [1.807, 2.05) is 52.1 Å². The Labute approximate surface area is 256 Å². The molecule has 6 atom stereocenters. The zero-order valence-electron chi connectivity index (χ0n) is 26.4. The number of likely N-dealkylation sites (tertiary alicyclic amines) is 1. The molecule has 0 aromatic carbocycles. The highest BCUT2D eigenvalue weighted by atomic mass is 16.6. The summed E-state index contributed by atoms with van der Waals surface area (Å²) in [6.07, 6.45) is 8.76. The summed E-state index contributed by atoms with van der Waals surface area (Å²) in [7, 11) is 2.01. The van der Waals surface area contributed by atoms with E-state index in [1.54, 1.807) is 17.9 Å². The molecule has 0 bridgehead atoms. The number of β-amino-alcohol motifs (C(OH)–C–C–N with tert-alkyl or cyclic N) is 1. The van der Waals surface area contributed by atoms with Gasteiger partial charge in [-0.2, -0.15) is 0 Å². The maximum atomic E-state index is 13.0. The summed E-state index contributed by atoms with van der Waals surface area (Å²) in [5.41, 5.74) is -0.467. The van der Waals surface area contributed by atoms with E-state index >= 15 is 0 Å². The van der Waals surface area contributed by atoms with Crippen LogP contribution in [0.25, 0.3) is 0 Å². The van der Waals surface area contributed by atoms with Crippen molar-refractivity contribution in [1.82, 2.24) is 14.7 Å². The number of carbonyl (C=O) groups is 3. The quantitative estimate of drug-likeness (QED) is 0.202. The first-order chi connectivity index (χ1) is 20.4. The average molecular weight is 606 g/mol. The predicted octanol–water partition coefficient (Wildman–Crippen LogP) is 3.51. The van der Waals surface area contributed by atoms with Gasteiger partial charge in [-0.1, -0.05) is 38.2 Å². The van der Waals surface area contributed by atoms with Crippen molar-refractivity contribution in [2.75, 3.05) is 52.9 Å². The van der Waals surface area contributed by atoms with Gasteiger partial charge in [-0.3, -0.25) is 4.79 Å². The van der Waals surface area contributed by atoms with Crippen LogP contribution in [0.1, 0.15) is 59.8 Å².